The van der Waals surface area contributed by atoms with Gasteiger partial charge in [0, 0.05) is 6.54 Å². The lowest BCUT2D eigenvalue weighted by Crippen LogP contribution is -2.50. The summed E-state index contributed by atoms with van der Waals surface area (Å²) in [6.07, 6.45) is 0.649. The van der Waals surface area contributed by atoms with Gasteiger partial charge in [0.25, 0.3) is 0 Å². The first kappa shape index (κ1) is 16.7. The Kier molecular flexibility index (Phi) is 5.59. The van der Waals surface area contributed by atoms with Crippen molar-refractivity contribution in [1.29, 1.82) is 0 Å². The molecule has 1 saturated heterocycles. The van der Waals surface area contributed by atoms with E-state index in [9.17, 15) is 4.79 Å². The summed E-state index contributed by atoms with van der Waals surface area (Å²) in [7, 11) is -1.89. The lowest BCUT2D eigenvalue weighted by atomic mass is 10.2. The molecular formula is C14H29NO3Si. The molecule has 0 aromatic rings. The molecule has 0 bridgehead atoms. The largest absolute Gasteiger partial charge is 0.480 e. The van der Waals surface area contributed by atoms with E-state index in [0.717, 1.165) is 0 Å². The molecule has 0 radical (unpaired) electrons. The van der Waals surface area contributed by atoms with Gasteiger partial charge in [-0.3, -0.25) is 4.79 Å². The fraction of sp³-hybridized carbons (Fsp3) is 0.929. The molecule has 0 spiro atoms. The predicted octanol–water partition coefficient (Wildman–Crippen LogP) is 2.99. The number of hydrogen-bond acceptors (Lipinski definition) is 3. The van der Waals surface area contributed by atoms with Gasteiger partial charge in [-0.15, -0.1) is 0 Å². The van der Waals surface area contributed by atoms with E-state index in [0.29, 0.717) is 29.6 Å². The van der Waals surface area contributed by atoms with Crippen LogP contribution in [0.15, 0.2) is 0 Å². The summed E-state index contributed by atoms with van der Waals surface area (Å²) >= 11 is 0. The molecule has 0 amide bonds. The van der Waals surface area contributed by atoms with Crippen LogP contribution in [0.5, 0.6) is 0 Å². The quantitative estimate of drug-likeness (QED) is 0.737. The Hall–Kier alpha value is -0.393. The Balaban J connectivity index is 2.82. The standard InChI is InChI=1S/C14H29NO3Si/c1-9(2)19(10(3)4,11(5)6)18-12-7-13(14(16)17)15-8-12/h9-13,15H,7-8H2,1-6H3,(H,16,17)/t12-,13+/m0/s1. The highest BCUT2D eigenvalue weighted by Crippen LogP contribution is 2.43. The van der Waals surface area contributed by atoms with Gasteiger partial charge in [-0.25, -0.2) is 0 Å². The summed E-state index contributed by atoms with van der Waals surface area (Å²) in [5.41, 5.74) is 1.61. The average molecular weight is 287 g/mol. The molecule has 1 fully saturated rings. The number of nitrogens with one attached hydrogen (secondary N) is 1. The van der Waals surface area contributed by atoms with E-state index in [-0.39, 0.29) is 6.10 Å². The molecule has 0 aromatic carbocycles. The Morgan fingerprint density at radius 1 is 1.16 bits per heavy atom. The van der Waals surface area contributed by atoms with E-state index in [1.165, 1.54) is 0 Å². The number of rotatable bonds is 6. The van der Waals surface area contributed by atoms with Crippen LogP contribution >= 0.6 is 0 Å². The van der Waals surface area contributed by atoms with Crippen LogP contribution in [0.1, 0.15) is 48.0 Å². The summed E-state index contributed by atoms with van der Waals surface area (Å²) < 4.78 is 6.58. The minimum absolute atomic E-state index is 0.0555. The summed E-state index contributed by atoms with van der Waals surface area (Å²) in [6.45, 7) is 14.2. The zero-order valence-corrected chi connectivity index (χ0v) is 14.1. The van der Waals surface area contributed by atoms with Crippen LogP contribution in [-0.4, -0.2) is 38.1 Å². The van der Waals surface area contributed by atoms with Crippen molar-refractivity contribution in [1.82, 2.24) is 5.32 Å². The van der Waals surface area contributed by atoms with E-state index in [2.05, 4.69) is 46.9 Å². The van der Waals surface area contributed by atoms with Gasteiger partial charge in [0.1, 0.15) is 6.04 Å². The van der Waals surface area contributed by atoms with Crippen LogP contribution in [-0.2, 0) is 9.22 Å². The van der Waals surface area contributed by atoms with Gasteiger partial charge in [0.05, 0.1) is 6.10 Å². The smallest absolute Gasteiger partial charge is 0.320 e. The van der Waals surface area contributed by atoms with Crippen LogP contribution in [0.25, 0.3) is 0 Å². The van der Waals surface area contributed by atoms with E-state index >= 15 is 0 Å². The van der Waals surface area contributed by atoms with Crippen LogP contribution in [0, 0.1) is 0 Å². The third kappa shape index (κ3) is 3.38. The maximum atomic E-state index is 11.0. The molecule has 0 saturated carbocycles. The fourth-order valence-electron chi connectivity index (χ4n) is 3.68. The molecule has 5 heteroatoms. The molecule has 0 unspecified atom stereocenters. The summed E-state index contributed by atoms with van der Waals surface area (Å²) in [5, 5.41) is 12.1. The van der Waals surface area contributed by atoms with Crippen molar-refractivity contribution in [3.63, 3.8) is 0 Å². The predicted molar refractivity (Wildman–Crippen MR) is 80.0 cm³/mol. The molecule has 112 valence electrons. The van der Waals surface area contributed by atoms with Crippen LogP contribution in [0.4, 0.5) is 0 Å². The van der Waals surface area contributed by atoms with Crippen molar-refractivity contribution in [2.75, 3.05) is 6.54 Å². The molecule has 2 atom stereocenters. The Morgan fingerprint density at radius 3 is 1.95 bits per heavy atom. The first-order valence-electron chi connectivity index (χ1n) is 7.35. The van der Waals surface area contributed by atoms with Crippen molar-refractivity contribution < 1.29 is 14.3 Å². The lowest BCUT2D eigenvalue weighted by molar-refractivity contribution is -0.139. The second-order valence-corrected chi connectivity index (χ2v) is 12.0. The van der Waals surface area contributed by atoms with Crippen molar-refractivity contribution in [3.8, 4) is 0 Å². The van der Waals surface area contributed by atoms with Crippen molar-refractivity contribution in [2.45, 2.75) is 76.7 Å². The summed E-state index contributed by atoms with van der Waals surface area (Å²) in [4.78, 5) is 11.0. The average Bonchev–Trinajstić information content (AvgIpc) is 2.72. The molecule has 2 N–H and O–H groups in total. The van der Waals surface area contributed by atoms with Gasteiger partial charge in [0.15, 0.2) is 0 Å². The van der Waals surface area contributed by atoms with Crippen molar-refractivity contribution in [3.05, 3.63) is 0 Å². The first-order valence-corrected chi connectivity index (χ1v) is 9.49. The van der Waals surface area contributed by atoms with E-state index in [1.54, 1.807) is 0 Å². The highest BCUT2D eigenvalue weighted by molar-refractivity contribution is 6.77. The van der Waals surface area contributed by atoms with Gasteiger partial charge < -0.3 is 14.8 Å². The zero-order chi connectivity index (χ0) is 14.8. The molecule has 19 heavy (non-hydrogen) atoms. The molecule has 1 aliphatic rings. The number of carbonyl (C=O) groups is 1. The van der Waals surface area contributed by atoms with E-state index < -0.39 is 20.3 Å². The first-order chi connectivity index (χ1) is 8.71. The summed E-state index contributed by atoms with van der Waals surface area (Å²) in [6, 6.07) is -0.441. The van der Waals surface area contributed by atoms with Gasteiger partial charge in [0.2, 0.25) is 8.32 Å². The number of hydrogen-bond donors (Lipinski definition) is 2. The van der Waals surface area contributed by atoms with E-state index in [1.807, 2.05) is 0 Å². The molecule has 1 heterocycles. The number of carboxylic acids is 1. The minimum Gasteiger partial charge on any atom is -0.480 e. The maximum absolute atomic E-state index is 11.0. The third-order valence-electron chi connectivity index (χ3n) is 4.47. The molecular weight excluding hydrogens is 258 g/mol. The van der Waals surface area contributed by atoms with Crippen LogP contribution in [0.3, 0.4) is 0 Å². The Morgan fingerprint density at radius 2 is 1.63 bits per heavy atom. The van der Waals surface area contributed by atoms with Crippen LogP contribution in [0.2, 0.25) is 16.6 Å². The molecule has 1 rings (SSSR count). The summed E-state index contributed by atoms with van der Waals surface area (Å²) in [5.74, 6) is -0.767. The zero-order valence-electron chi connectivity index (χ0n) is 13.1. The van der Waals surface area contributed by atoms with Gasteiger partial charge in [-0.05, 0) is 23.0 Å². The number of carboxylic acid groups (broad SMARTS) is 1. The highest BCUT2D eigenvalue weighted by Gasteiger charge is 2.47. The molecule has 0 aliphatic carbocycles. The normalized spacial score (nSPS) is 24.7. The number of aliphatic carboxylic acids is 1. The molecule has 1 aliphatic heterocycles. The van der Waals surface area contributed by atoms with E-state index in [4.69, 9.17) is 9.53 Å². The topological polar surface area (TPSA) is 58.6 Å². The monoisotopic (exact) mass is 287 g/mol. The molecule has 4 nitrogen and oxygen atoms in total. The Bertz CT molecular complexity index is 296. The van der Waals surface area contributed by atoms with Gasteiger partial charge >= 0.3 is 5.97 Å². The fourth-order valence-corrected chi connectivity index (χ4v) is 9.25. The highest BCUT2D eigenvalue weighted by atomic mass is 28.4. The minimum atomic E-state index is -1.89. The van der Waals surface area contributed by atoms with Crippen LogP contribution < -0.4 is 5.32 Å². The Labute approximate surface area is 118 Å². The third-order valence-corrected chi connectivity index (χ3v) is 10.6. The molecule has 0 aromatic heterocycles. The maximum Gasteiger partial charge on any atom is 0.320 e. The SMILES string of the molecule is CC(C)[Si](O[C@@H]1CN[C@@H](C(=O)O)C1)(C(C)C)C(C)C. The van der Waals surface area contributed by atoms with Crippen molar-refractivity contribution in [2.24, 2.45) is 0 Å². The second kappa shape index (κ2) is 6.37. The van der Waals surface area contributed by atoms with Crippen molar-refractivity contribution >= 4 is 14.3 Å². The lowest BCUT2D eigenvalue weighted by Gasteiger charge is -2.44. The van der Waals surface area contributed by atoms with Gasteiger partial charge in [-0.1, -0.05) is 41.5 Å². The van der Waals surface area contributed by atoms with Gasteiger partial charge in [-0.2, -0.15) is 0 Å². The second-order valence-electron chi connectivity index (χ2n) is 6.59.